The minimum atomic E-state index is -2.82. The monoisotopic (exact) mass is 205 g/mol. The van der Waals surface area contributed by atoms with Gasteiger partial charge in [-0.05, 0) is 6.92 Å². The van der Waals surface area contributed by atoms with Gasteiger partial charge >= 0.3 is 0 Å². The molecule has 0 aromatic carbocycles. The molecule has 5 heteroatoms. The Morgan fingerprint density at radius 3 is 2.77 bits per heavy atom. The van der Waals surface area contributed by atoms with Gasteiger partial charge in [0.2, 0.25) is 0 Å². The van der Waals surface area contributed by atoms with E-state index in [9.17, 15) is 13.2 Å². The van der Waals surface area contributed by atoms with E-state index in [1.807, 2.05) is 6.92 Å². The molecule has 4 nitrogen and oxygen atoms in total. The highest BCUT2D eigenvalue weighted by molar-refractivity contribution is 7.91. The highest BCUT2D eigenvalue weighted by Gasteiger charge is 2.27. The largest absolute Gasteiger partial charge is 0.303 e. The molecule has 0 amide bonds. The SMILES string of the molecule is CC1CS(=O)(=O)CCN1CCC=O. The zero-order valence-electron chi connectivity index (χ0n) is 7.77. The molecule has 0 radical (unpaired) electrons. The number of sulfone groups is 1. The zero-order valence-corrected chi connectivity index (χ0v) is 8.59. The number of hydrogen-bond donors (Lipinski definition) is 0. The molecular formula is C8H15NO3S. The number of carbonyl (C=O) groups excluding carboxylic acids is 1. The van der Waals surface area contributed by atoms with Gasteiger partial charge in [0.15, 0.2) is 9.84 Å². The summed E-state index contributed by atoms with van der Waals surface area (Å²) >= 11 is 0. The third-order valence-electron chi connectivity index (χ3n) is 2.34. The molecular weight excluding hydrogens is 190 g/mol. The molecule has 1 heterocycles. The van der Waals surface area contributed by atoms with Crippen LogP contribution in [0.15, 0.2) is 0 Å². The molecule has 1 fully saturated rings. The van der Waals surface area contributed by atoms with Crippen LogP contribution in [0.3, 0.4) is 0 Å². The summed E-state index contributed by atoms with van der Waals surface area (Å²) in [4.78, 5) is 12.2. The molecule has 76 valence electrons. The smallest absolute Gasteiger partial charge is 0.153 e. The van der Waals surface area contributed by atoms with Crippen molar-refractivity contribution in [2.24, 2.45) is 0 Å². The minimum absolute atomic E-state index is 0.0544. The van der Waals surface area contributed by atoms with E-state index in [1.54, 1.807) is 0 Å². The van der Waals surface area contributed by atoms with Gasteiger partial charge in [0.1, 0.15) is 6.29 Å². The summed E-state index contributed by atoms with van der Waals surface area (Å²) in [5.41, 5.74) is 0. The second-order valence-electron chi connectivity index (χ2n) is 3.45. The molecule has 0 aromatic rings. The highest BCUT2D eigenvalue weighted by atomic mass is 32.2. The fraction of sp³-hybridized carbons (Fsp3) is 0.875. The van der Waals surface area contributed by atoms with Crippen molar-refractivity contribution in [3.63, 3.8) is 0 Å². The molecule has 1 unspecified atom stereocenters. The van der Waals surface area contributed by atoms with Crippen LogP contribution >= 0.6 is 0 Å². The van der Waals surface area contributed by atoms with Gasteiger partial charge in [-0.25, -0.2) is 8.42 Å². The van der Waals surface area contributed by atoms with Crippen molar-refractivity contribution in [2.75, 3.05) is 24.6 Å². The van der Waals surface area contributed by atoms with Crippen LogP contribution in [0, 0.1) is 0 Å². The first-order chi connectivity index (χ1) is 6.05. The molecule has 0 aromatic heterocycles. The molecule has 1 aliphatic rings. The molecule has 0 bridgehead atoms. The van der Waals surface area contributed by atoms with Crippen LogP contribution in [0.2, 0.25) is 0 Å². The second-order valence-corrected chi connectivity index (χ2v) is 5.68. The fourth-order valence-corrected chi connectivity index (χ4v) is 3.21. The summed E-state index contributed by atoms with van der Waals surface area (Å²) in [5.74, 6) is 0.460. The molecule has 0 spiro atoms. The highest BCUT2D eigenvalue weighted by Crippen LogP contribution is 2.10. The van der Waals surface area contributed by atoms with E-state index >= 15 is 0 Å². The summed E-state index contributed by atoms with van der Waals surface area (Å²) in [6, 6.07) is 0.0544. The summed E-state index contributed by atoms with van der Waals surface area (Å²) < 4.78 is 22.4. The Hall–Kier alpha value is -0.420. The maximum absolute atomic E-state index is 11.2. The molecule has 0 aliphatic carbocycles. The lowest BCUT2D eigenvalue weighted by molar-refractivity contribution is -0.108. The number of rotatable bonds is 3. The first-order valence-corrected chi connectivity index (χ1v) is 6.25. The molecule has 0 N–H and O–H groups in total. The summed E-state index contributed by atoms with van der Waals surface area (Å²) in [7, 11) is -2.82. The standard InChI is InChI=1S/C8H15NO3S/c1-8-7-13(11,12)6-4-9(8)3-2-5-10/h5,8H,2-4,6-7H2,1H3. The Morgan fingerprint density at radius 1 is 1.54 bits per heavy atom. The molecule has 1 rings (SSSR count). The molecule has 1 aliphatic heterocycles. The number of aldehydes is 1. The Kier molecular flexibility index (Phi) is 3.44. The Morgan fingerprint density at radius 2 is 2.23 bits per heavy atom. The average Bonchev–Trinajstić information content (AvgIpc) is 2.02. The van der Waals surface area contributed by atoms with Crippen molar-refractivity contribution in [2.45, 2.75) is 19.4 Å². The lowest BCUT2D eigenvalue weighted by Gasteiger charge is -2.32. The summed E-state index contributed by atoms with van der Waals surface area (Å²) in [6.45, 7) is 3.14. The third kappa shape index (κ3) is 3.08. The first kappa shape index (κ1) is 10.7. The van der Waals surface area contributed by atoms with Crippen LogP contribution in [0.25, 0.3) is 0 Å². The van der Waals surface area contributed by atoms with Gasteiger partial charge in [-0.2, -0.15) is 0 Å². The fourth-order valence-electron chi connectivity index (χ4n) is 1.58. The maximum Gasteiger partial charge on any atom is 0.153 e. The topological polar surface area (TPSA) is 54.5 Å². The van der Waals surface area contributed by atoms with E-state index in [-0.39, 0.29) is 17.5 Å². The van der Waals surface area contributed by atoms with Crippen LogP contribution in [0.5, 0.6) is 0 Å². The van der Waals surface area contributed by atoms with Crippen molar-refractivity contribution < 1.29 is 13.2 Å². The van der Waals surface area contributed by atoms with Gasteiger partial charge in [0, 0.05) is 25.6 Å². The van der Waals surface area contributed by atoms with Gasteiger partial charge < -0.3 is 4.79 Å². The molecule has 0 saturated carbocycles. The lowest BCUT2D eigenvalue weighted by Crippen LogP contribution is -2.47. The van der Waals surface area contributed by atoms with Crippen LogP contribution < -0.4 is 0 Å². The molecule has 1 saturated heterocycles. The van der Waals surface area contributed by atoms with Crippen LogP contribution in [0.1, 0.15) is 13.3 Å². The average molecular weight is 205 g/mol. The Balaban J connectivity index is 2.48. The van der Waals surface area contributed by atoms with Crippen molar-refractivity contribution in [3.8, 4) is 0 Å². The van der Waals surface area contributed by atoms with Crippen molar-refractivity contribution in [1.82, 2.24) is 4.90 Å². The lowest BCUT2D eigenvalue weighted by atomic mass is 10.3. The van der Waals surface area contributed by atoms with E-state index in [2.05, 4.69) is 4.90 Å². The van der Waals surface area contributed by atoms with E-state index in [0.29, 0.717) is 19.5 Å². The van der Waals surface area contributed by atoms with E-state index in [1.165, 1.54) is 0 Å². The summed E-state index contributed by atoms with van der Waals surface area (Å²) in [6.07, 6.45) is 1.36. The van der Waals surface area contributed by atoms with Gasteiger partial charge in [-0.3, -0.25) is 4.90 Å². The predicted octanol–water partition coefficient (Wildman–Crippen LogP) is -0.306. The maximum atomic E-state index is 11.2. The van der Waals surface area contributed by atoms with E-state index in [4.69, 9.17) is 0 Å². The summed E-state index contributed by atoms with van der Waals surface area (Å²) in [5, 5.41) is 0. The van der Waals surface area contributed by atoms with Crippen molar-refractivity contribution in [1.29, 1.82) is 0 Å². The minimum Gasteiger partial charge on any atom is -0.303 e. The number of nitrogens with zero attached hydrogens (tertiary/aromatic N) is 1. The van der Waals surface area contributed by atoms with Crippen molar-refractivity contribution >= 4 is 16.1 Å². The molecule has 1 atom stereocenters. The van der Waals surface area contributed by atoms with Crippen molar-refractivity contribution in [3.05, 3.63) is 0 Å². The van der Waals surface area contributed by atoms with Gasteiger partial charge in [-0.15, -0.1) is 0 Å². The first-order valence-electron chi connectivity index (χ1n) is 4.43. The van der Waals surface area contributed by atoms with Gasteiger partial charge in [0.25, 0.3) is 0 Å². The zero-order chi connectivity index (χ0) is 9.90. The van der Waals surface area contributed by atoms with Crippen LogP contribution in [0.4, 0.5) is 0 Å². The normalized spacial score (nSPS) is 28.5. The van der Waals surface area contributed by atoms with Gasteiger partial charge in [-0.1, -0.05) is 0 Å². The number of hydrogen-bond acceptors (Lipinski definition) is 4. The van der Waals surface area contributed by atoms with Gasteiger partial charge in [0.05, 0.1) is 11.5 Å². The quantitative estimate of drug-likeness (QED) is 0.593. The van der Waals surface area contributed by atoms with Crippen LogP contribution in [-0.2, 0) is 14.6 Å². The van der Waals surface area contributed by atoms with Crippen LogP contribution in [-0.4, -0.2) is 50.2 Å². The predicted molar refractivity (Wildman–Crippen MR) is 50.4 cm³/mol. The number of carbonyl (C=O) groups is 1. The second kappa shape index (κ2) is 4.19. The van der Waals surface area contributed by atoms with E-state index in [0.717, 1.165) is 6.29 Å². The Bertz CT molecular complexity index is 273. The third-order valence-corrected chi connectivity index (χ3v) is 4.14. The Labute approximate surface area is 78.8 Å². The molecule has 13 heavy (non-hydrogen) atoms. The van der Waals surface area contributed by atoms with E-state index < -0.39 is 9.84 Å².